The Morgan fingerprint density at radius 2 is 1.83 bits per heavy atom. The lowest BCUT2D eigenvalue weighted by molar-refractivity contribution is -0.160. The van der Waals surface area contributed by atoms with Crippen molar-refractivity contribution >= 4 is 29.4 Å². The highest BCUT2D eigenvalue weighted by atomic mass is 35.5. The largest absolute Gasteiger partial charge is 0.478 e. The number of β-amino-alcohol motifs (C(OH)–C–C–N with tert-alkyl or cyclic N) is 1. The van der Waals surface area contributed by atoms with Crippen LogP contribution in [-0.2, 0) is 23.1 Å². The van der Waals surface area contributed by atoms with Gasteiger partial charge in [-0.3, -0.25) is 9.59 Å². The first kappa shape index (κ1) is 32.1. The molecule has 3 aliphatic rings. The van der Waals surface area contributed by atoms with Crippen LogP contribution < -0.4 is 0 Å². The van der Waals surface area contributed by atoms with Gasteiger partial charge in [0.1, 0.15) is 5.82 Å². The van der Waals surface area contributed by atoms with Gasteiger partial charge in [0, 0.05) is 36.6 Å². The first-order valence-corrected chi connectivity index (χ1v) is 15.2. The van der Waals surface area contributed by atoms with Gasteiger partial charge in [-0.1, -0.05) is 23.7 Å². The lowest BCUT2D eigenvalue weighted by atomic mass is 9.84. The zero-order valence-electron chi connectivity index (χ0n) is 24.9. The van der Waals surface area contributed by atoms with E-state index in [0.29, 0.717) is 18.5 Å². The fraction of sp³-hybridized carbons (Fsp3) is 0.438. The van der Waals surface area contributed by atoms with Crippen LogP contribution in [0.5, 0.6) is 0 Å². The zero-order chi connectivity index (χ0) is 33.3. The average molecular weight is 663 g/mol. The summed E-state index contributed by atoms with van der Waals surface area (Å²) < 4.78 is 59.0. The first-order valence-electron chi connectivity index (χ1n) is 14.8. The van der Waals surface area contributed by atoms with Crippen molar-refractivity contribution in [2.24, 2.45) is 5.92 Å². The van der Waals surface area contributed by atoms with Crippen molar-refractivity contribution in [3.63, 3.8) is 0 Å². The van der Waals surface area contributed by atoms with Crippen LogP contribution in [0.2, 0.25) is 5.02 Å². The van der Waals surface area contributed by atoms with E-state index in [0.717, 1.165) is 10.7 Å². The van der Waals surface area contributed by atoms with E-state index < -0.39 is 41.3 Å². The molecule has 1 saturated heterocycles. The van der Waals surface area contributed by atoms with Gasteiger partial charge in [0.2, 0.25) is 5.91 Å². The maximum atomic E-state index is 15.3. The zero-order valence-corrected chi connectivity index (χ0v) is 25.7. The van der Waals surface area contributed by atoms with E-state index in [1.807, 2.05) is 4.90 Å². The number of carboxylic acid groups (broad SMARTS) is 1. The summed E-state index contributed by atoms with van der Waals surface area (Å²) >= 11 is 6.42. The van der Waals surface area contributed by atoms with Crippen molar-refractivity contribution in [3.8, 4) is 11.3 Å². The topological polar surface area (TPSA) is 116 Å². The van der Waals surface area contributed by atoms with Crippen molar-refractivity contribution in [3.05, 3.63) is 75.2 Å². The number of amides is 1. The van der Waals surface area contributed by atoms with E-state index >= 15 is 4.39 Å². The van der Waals surface area contributed by atoms with Crippen LogP contribution in [0.25, 0.3) is 11.3 Å². The van der Waals surface area contributed by atoms with Gasteiger partial charge in [-0.15, -0.1) is 0 Å². The molecule has 0 bridgehead atoms. The molecule has 6 rings (SSSR count). The molecular formula is C32H31ClF4N4O5. The van der Waals surface area contributed by atoms with Crippen LogP contribution in [0.1, 0.15) is 56.8 Å². The highest BCUT2D eigenvalue weighted by Crippen LogP contribution is 2.60. The predicted molar refractivity (Wildman–Crippen MR) is 158 cm³/mol. The minimum Gasteiger partial charge on any atom is -0.478 e. The predicted octanol–water partition coefficient (Wildman–Crippen LogP) is 4.56. The highest BCUT2D eigenvalue weighted by molar-refractivity contribution is 6.34. The number of hydrogen-bond donors (Lipinski definition) is 2. The summed E-state index contributed by atoms with van der Waals surface area (Å²) in [5, 5.41) is 24.0. The number of carbonyl (C=O) groups is 3. The summed E-state index contributed by atoms with van der Waals surface area (Å²) in [6.45, 7) is 0.418. The second-order valence-electron chi connectivity index (χ2n) is 12.5. The molecule has 1 saturated carbocycles. The Kier molecular flexibility index (Phi) is 8.01. The molecular weight excluding hydrogens is 632 g/mol. The maximum Gasteiger partial charge on any atom is 0.398 e. The summed E-state index contributed by atoms with van der Waals surface area (Å²) in [5.41, 5.74) is -2.60. The first-order chi connectivity index (χ1) is 21.6. The van der Waals surface area contributed by atoms with Crippen LogP contribution in [0, 0.1) is 11.7 Å². The Bertz CT molecular complexity index is 1750. The number of rotatable bonds is 6. The lowest BCUT2D eigenvalue weighted by Crippen LogP contribution is -2.40. The quantitative estimate of drug-likeness (QED) is 0.372. The molecule has 2 aromatic carbocycles. The number of alkyl halides is 3. The minimum atomic E-state index is -4.64. The molecule has 3 aromatic rings. The smallest absolute Gasteiger partial charge is 0.398 e. The van der Waals surface area contributed by atoms with Crippen molar-refractivity contribution < 1.29 is 42.2 Å². The Hall–Kier alpha value is -3.81. The summed E-state index contributed by atoms with van der Waals surface area (Å²) in [6.07, 6.45) is -5.36. The molecule has 0 spiro atoms. The van der Waals surface area contributed by atoms with Gasteiger partial charge in [0.05, 0.1) is 45.1 Å². The van der Waals surface area contributed by atoms with Gasteiger partial charge in [0.25, 0.3) is 5.91 Å². The van der Waals surface area contributed by atoms with Crippen LogP contribution in [-0.4, -0.2) is 93.1 Å². The third-order valence-corrected chi connectivity index (χ3v) is 9.87. The number of halogens is 5. The Morgan fingerprint density at radius 1 is 1.11 bits per heavy atom. The molecule has 1 amide bonds. The number of fused-ring (bicyclic) bond motifs is 1. The number of aromatic nitrogens is 2. The second kappa shape index (κ2) is 11.5. The van der Waals surface area contributed by atoms with E-state index in [2.05, 4.69) is 5.10 Å². The molecule has 14 heteroatoms. The van der Waals surface area contributed by atoms with Gasteiger partial charge >= 0.3 is 12.1 Å². The van der Waals surface area contributed by atoms with Crippen LogP contribution in [0.3, 0.4) is 0 Å². The van der Waals surface area contributed by atoms with Crippen LogP contribution in [0.15, 0.2) is 36.4 Å². The fourth-order valence-electron chi connectivity index (χ4n) is 6.84. The van der Waals surface area contributed by atoms with Gasteiger partial charge < -0.3 is 20.0 Å². The molecule has 1 aliphatic heterocycles. The summed E-state index contributed by atoms with van der Waals surface area (Å²) in [4.78, 5) is 42.8. The number of likely N-dealkylation sites (tertiary alicyclic amines) is 1. The number of carbonyl (C=O) groups excluding carboxylic acids is 2. The van der Waals surface area contributed by atoms with E-state index in [1.54, 1.807) is 19.0 Å². The van der Waals surface area contributed by atoms with Crippen molar-refractivity contribution in [1.82, 2.24) is 19.6 Å². The molecule has 1 unspecified atom stereocenters. The molecule has 2 N–H and O–H groups in total. The number of hydrogen-bond acceptors (Lipinski definition) is 6. The molecule has 1 aromatic heterocycles. The fourth-order valence-corrected chi connectivity index (χ4v) is 7.09. The van der Waals surface area contributed by atoms with Crippen LogP contribution in [0.4, 0.5) is 17.6 Å². The van der Waals surface area contributed by atoms with Gasteiger partial charge in [-0.2, -0.15) is 23.0 Å². The molecule has 2 fully saturated rings. The normalized spacial score (nSPS) is 22.2. The summed E-state index contributed by atoms with van der Waals surface area (Å²) in [5.74, 6) is -4.10. The Labute approximate surface area is 266 Å². The van der Waals surface area contributed by atoms with Crippen LogP contribution >= 0.6 is 11.6 Å². The Morgan fingerprint density at radius 3 is 2.41 bits per heavy atom. The highest BCUT2D eigenvalue weighted by Gasteiger charge is 2.65. The number of nitrogens with zero attached hydrogens (tertiary/aromatic N) is 4. The average Bonchev–Trinajstić information content (AvgIpc) is 3.61. The van der Waals surface area contributed by atoms with E-state index in [1.165, 1.54) is 30.3 Å². The molecule has 2 heterocycles. The third-order valence-electron chi connectivity index (χ3n) is 9.55. The molecule has 244 valence electrons. The van der Waals surface area contributed by atoms with E-state index in [-0.39, 0.29) is 82.8 Å². The second-order valence-corrected chi connectivity index (χ2v) is 12.9. The third kappa shape index (κ3) is 5.27. The summed E-state index contributed by atoms with van der Waals surface area (Å²) in [7, 11) is 3.60. The van der Waals surface area contributed by atoms with E-state index in [4.69, 9.17) is 11.6 Å². The molecule has 46 heavy (non-hydrogen) atoms. The number of carboxylic acids is 1. The molecule has 2 aliphatic carbocycles. The monoisotopic (exact) mass is 662 g/mol. The standard InChI is InChI=1S/C32H31ClF4N4O5/c1-39(2)24-14-40(15-25(24)42)28(43)16-6-9-19-23(13-16)41(38-27(19)18-8-7-17(30(45)46)12-22(18)34)29(44)26-20(4-3-5-21(26)33)31(10-11-31)32(35,36)37/h3-5,7-8,12,16,24-25,42H,6,9-11,13-15H2,1-2H3,(H,45,46)/t16?,24-,25-/m0/s1. The van der Waals surface area contributed by atoms with Crippen molar-refractivity contribution in [1.29, 1.82) is 0 Å². The number of likely N-dealkylation sites (N-methyl/N-ethyl adjacent to an activating group) is 1. The maximum absolute atomic E-state index is 15.3. The summed E-state index contributed by atoms with van der Waals surface area (Å²) in [6, 6.07) is 6.88. The van der Waals surface area contributed by atoms with Gasteiger partial charge in [0.15, 0.2) is 0 Å². The molecule has 3 atom stereocenters. The SMILES string of the molecule is CN(C)[C@H]1CN(C(=O)C2CCc3c(-c4ccc(C(=O)O)cc4F)nn(C(=O)c4c(Cl)cccc4C4(C(F)(F)F)CC4)c3C2)C[C@@H]1O. The number of aliphatic hydroxyl groups is 1. The molecule has 0 radical (unpaired) electrons. The lowest BCUT2D eigenvalue weighted by Gasteiger charge is -2.28. The van der Waals surface area contributed by atoms with E-state index in [9.17, 15) is 37.8 Å². The van der Waals surface area contributed by atoms with Gasteiger partial charge in [-0.25, -0.2) is 9.18 Å². The van der Waals surface area contributed by atoms with Gasteiger partial charge in [-0.05, 0) is 69.6 Å². The van der Waals surface area contributed by atoms with Crippen molar-refractivity contribution in [2.75, 3.05) is 27.2 Å². The van der Waals surface area contributed by atoms with Crippen molar-refractivity contribution in [2.45, 2.75) is 55.8 Å². The number of aliphatic hydroxyl groups excluding tert-OH is 1. The minimum absolute atomic E-state index is 0.0227. The molecule has 9 nitrogen and oxygen atoms in total. The number of aromatic carboxylic acids is 1. The number of benzene rings is 2. The Balaban J connectivity index is 1.45.